The maximum Gasteiger partial charge on any atom is 0.226 e. The molecule has 112 valence electrons. The molecule has 1 N–H and O–H groups in total. The molecule has 1 aromatic carbocycles. The van der Waals surface area contributed by atoms with Gasteiger partial charge in [0.15, 0.2) is 0 Å². The van der Waals surface area contributed by atoms with Gasteiger partial charge in [-0.15, -0.1) is 0 Å². The molecule has 21 heavy (non-hydrogen) atoms. The lowest BCUT2D eigenvalue weighted by molar-refractivity contribution is -0.127. The number of hydrogen-bond donors (Lipinski definition) is 1. The van der Waals surface area contributed by atoms with Crippen molar-refractivity contribution in [3.63, 3.8) is 0 Å². The number of hydrogen-bond acceptors (Lipinski definition) is 3. The van der Waals surface area contributed by atoms with Crippen LogP contribution in [-0.4, -0.2) is 34.7 Å². The highest BCUT2D eigenvalue weighted by Crippen LogP contribution is 2.13. The average Bonchev–Trinajstić information content (AvgIpc) is 2.76. The summed E-state index contributed by atoms with van der Waals surface area (Å²) in [4.78, 5) is 13.3. The van der Waals surface area contributed by atoms with Crippen molar-refractivity contribution in [2.45, 2.75) is 19.9 Å². The van der Waals surface area contributed by atoms with Gasteiger partial charge in [0.1, 0.15) is 0 Å². The minimum absolute atomic E-state index is 0.113. The number of aryl methyl sites for hydroxylation is 2. The Bertz CT molecular complexity index is 614. The molecule has 0 unspecified atom stereocenters. The molecule has 0 saturated heterocycles. The highest BCUT2D eigenvalue weighted by Gasteiger charge is 2.06. The fourth-order valence-electron chi connectivity index (χ4n) is 2.09. The third-order valence-corrected chi connectivity index (χ3v) is 3.41. The minimum Gasteiger partial charge on any atom is -0.381 e. The predicted octanol–water partition coefficient (Wildman–Crippen LogP) is 1.97. The average molecular weight is 286 g/mol. The number of amides is 1. The first kappa shape index (κ1) is 15.1. The van der Waals surface area contributed by atoms with E-state index < -0.39 is 0 Å². The van der Waals surface area contributed by atoms with Crippen LogP contribution in [0.25, 0.3) is 0 Å². The molecule has 0 aliphatic rings. The van der Waals surface area contributed by atoms with Gasteiger partial charge in [-0.05, 0) is 24.6 Å². The van der Waals surface area contributed by atoms with E-state index in [2.05, 4.69) is 10.4 Å². The number of likely N-dealkylation sites (N-methyl/N-ethyl adjacent to an activating group) is 1. The molecule has 1 heterocycles. The van der Waals surface area contributed by atoms with E-state index in [0.29, 0.717) is 6.42 Å². The number of nitrogens with one attached hydrogen (secondary N) is 1. The highest BCUT2D eigenvalue weighted by atomic mass is 16.2. The monoisotopic (exact) mass is 286 g/mol. The van der Waals surface area contributed by atoms with E-state index in [1.165, 1.54) is 5.56 Å². The van der Waals surface area contributed by atoms with Gasteiger partial charge in [0.05, 0.1) is 12.1 Å². The Kier molecular flexibility index (Phi) is 4.62. The maximum atomic E-state index is 11.6. The molecule has 1 amide bonds. The molecular weight excluding hydrogens is 264 g/mol. The molecule has 0 aliphatic heterocycles. The lowest BCUT2D eigenvalue weighted by Crippen LogP contribution is -2.23. The number of rotatable bonds is 5. The van der Waals surface area contributed by atoms with Gasteiger partial charge < -0.3 is 10.2 Å². The summed E-state index contributed by atoms with van der Waals surface area (Å²) in [5.41, 5.74) is 4.29. The van der Waals surface area contributed by atoms with Crippen LogP contribution in [0.3, 0.4) is 0 Å². The second-order valence-electron chi connectivity index (χ2n) is 5.43. The second-order valence-corrected chi connectivity index (χ2v) is 5.43. The van der Waals surface area contributed by atoms with Gasteiger partial charge in [-0.1, -0.05) is 12.1 Å². The van der Waals surface area contributed by atoms with Crippen molar-refractivity contribution in [1.29, 1.82) is 0 Å². The van der Waals surface area contributed by atoms with Crippen molar-refractivity contribution in [1.82, 2.24) is 14.7 Å². The summed E-state index contributed by atoms with van der Waals surface area (Å²) in [6.45, 7) is 2.75. The Balaban J connectivity index is 1.93. The standard InChI is InChI=1S/C16H22N4O/c1-12-14(11-20(4)18-12)10-17-15-7-5-13(6-8-15)9-16(21)19(2)3/h5-8,11,17H,9-10H2,1-4H3. The molecule has 5 heteroatoms. The van der Waals surface area contributed by atoms with Crippen LogP contribution in [0.15, 0.2) is 30.5 Å². The van der Waals surface area contributed by atoms with Crippen molar-refractivity contribution < 1.29 is 4.79 Å². The summed E-state index contributed by atoms with van der Waals surface area (Å²) in [6.07, 6.45) is 2.46. The van der Waals surface area contributed by atoms with Crippen LogP contribution in [0.1, 0.15) is 16.8 Å². The molecule has 2 aromatic rings. The molecule has 0 atom stereocenters. The Labute approximate surface area is 125 Å². The number of aromatic nitrogens is 2. The summed E-state index contributed by atoms with van der Waals surface area (Å²) in [5, 5.41) is 7.69. The zero-order valence-corrected chi connectivity index (χ0v) is 13.1. The lowest BCUT2D eigenvalue weighted by Gasteiger charge is -2.11. The third kappa shape index (κ3) is 4.08. The smallest absolute Gasteiger partial charge is 0.226 e. The molecule has 0 radical (unpaired) electrons. The van der Waals surface area contributed by atoms with Gasteiger partial charge in [0.25, 0.3) is 0 Å². The van der Waals surface area contributed by atoms with Gasteiger partial charge >= 0.3 is 0 Å². The first-order chi connectivity index (χ1) is 9.95. The highest BCUT2D eigenvalue weighted by molar-refractivity contribution is 5.78. The van der Waals surface area contributed by atoms with Gasteiger partial charge in [-0.3, -0.25) is 9.48 Å². The molecular formula is C16H22N4O. The van der Waals surface area contributed by atoms with E-state index in [0.717, 1.165) is 23.5 Å². The van der Waals surface area contributed by atoms with E-state index in [9.17, 15) is 4.79 Å². The number of carbonyl (C=O) groups excluding carboxylic acids is 1. The van der Waals surface area contributed by atoms with E-state index in [-0.39, 0.29) is 5.91 Å². The zero-order chi connectivity index (χ0) is 15.4. The predicted molar refractivity (Wildman–Crippen MR) is 84.1 cm³/mol. The Morgan fingerprint density at radius 2 is 1.95 bits per heavy atom. The van der Waals surface area contributed by atoms with E-state index in [1.54, 1.807) is 19.0 Å². The maximum absolute atomic E-state index is 11.6. The van der Waals surface area contributed by atoms with Gasteiger partial charge in [0.2, 0.25) is 5.91 Å². The van der Waals surface area contributed by atoms with Crippen molar-refractivity contribution >= 4 is 11.6 Å². The quantitative estimate of drug-likeness (QED) is 0.914. The van der Waals surface area contributed by atoms with E-state index in [1.807, 2.05) is 49.1 Å². The Morgan fingerprint density at radius 1 is 1.29 bits per heavy atom. The molecule has 2 rings (SSSR count). The molecule has 1 aromatic heterocycles. The van der Waals surface area contributed by atoms with Gasteiger partial charge in [-0.2, -0.15) is 5.10 Å². The number of carbonyl (C=O) groups is 1. The van der Waals surface area contributed by atoms with Crippen LogP contribution >= 0.6 is 0 Å². The summed E-state index contributed by atoms with van der Waals surface area (Å²) in [6, 6.07) is 7.98. The van der Waals surface area contributed by atoms with Crippen LogP contribution in [0, 0.1) is 6.92 Å². The van der Waals surface area contributed by atoms with Crippen LogP contribution in [0.2, 0.25) is 0 Å². The van der Waals surface area contributed by atoms with Gasteiger partial charge in [0, 0.05) is 45.1 Å². The number of benzene rings is 1. The van der Waals surface area contributed by atoms with Crippen LogP contribution in [0.5, 0.6) is 0 Å². The largest absolute Gasteiger partial charge is 0.381 e. The first-order valence-corrected chi connectivity index (χ1v) is 6.98. The summed E-state index contributed by atoms with van der Waals surface area (Å²) in [5.74, 6) is 0.113. The van der Waals surface area contributed by atoms with Crippen LogP contribution in [0.4, 0.5) is 5.69 Å². The topological polar surface area (TPSA) is 50.2 Å². The fraction of sp³-hybridized carbons (Fsp3) is 0.375. The molecule has 0 saturated carbocycles. The van der Waals surface area contributed by atoms with Gasteiger partial charge in [-0.25, -0.2) is 0 Å². The zero-order valence-electron chi connectivity index (χ0n) is 13.1. The molecule has 0 bridgehead atoms. The van der Waals surface area contributed by atoms with Crippen molar-refractivity contribution in [2.24, 2.45) is 7.05 Å². The van der Waals surface area contributed by atoms with Crippen LogP contribution in [-0.2, 0) is 24.8 Å². The normalized spacial score (nSPS) is 10.5. The summed E-state index contributed by atoms with van der Waals surface area (Å²) >= 11 is 0. The minimum atomic E-state index is 0.113. The molecule has 5 nitrogen and oxygen atoms in total. The summed E-state index contributed by atoms with van der Waals surface area (Å²) < 4.78 is 1.82. The molecule has 0 spiro atoms. The van der Waals surface area contributed by atoms with E-state index >= 15 is 0 Å². The van der Waals surface area contributed by atoms with Crippen molar-refractivity contribution in [3.8, 4) is 0 Å². The third-order valence-electron chi connectivity index (χ3n) is 3.41. The fourth-order valence-corrected chi connectivity index (χ4v) is 2.09. The Morgan fingerprint density at radius 3 is 2.48 bits per heavy atom. The first-order valence-electron chi connectivity index (χ1n) is 6.98. The molecule has 0 aliphatic carbocycles. The molecule has 0 fully saturated rings. The Hall–Kier alpha value is -2.30. The summed E-state index contributed by atoms with van der Waals surface area (Å²) in [7, 11) is 5.47. The number of anilines is 1. The van der Waals surface area contributed by atoms with E-state index in [4.69, 9.17) is 0 Å². The van der Waals surface area contributed by atoms with Crippen LogP contribution < -0.4 is 5.32 Å². The van der Waals surface area contributed by atoms with Crippen molar-refractivity contribution in [3.05, 3.63) is 47.3 Å². The van der Waals surface area contributed by atoms with Crippen molar-refractivity contribution in [2.75, 3.05) is 19.4 Å². The number of nitrogens with zero attached hydrogens (tertiary/aromatic N) is 3. The second kappa shape index (κ2) is 6.43. The SMILES string of the molecule is Cc1nn(C)cc1CNc1ccc(CC(=O)N(C)C)cc1. The lowest BCUT2D eigenvalue weighted by atomic mass is 10.1.